The van der Waals surface area contributed by atoms with E-state index in [0.29, 0.717) is 6.54 Å². The fraction of sp³-hybridized carbons (Fsp3) is 0.182. The molecular weight excluding hydrogens is 160 g/mol. The van der Waals surface area contributed by atoms with Crippen molar-refractivity contribution in [3.8, 4) is 0 Å². The van der Waals surface area contributed by atoms with E-state index in [2.05, 4.69) is 24.0 Å². The lowest BCUT2D eigenvalue weighted by molar-refractivity contribution is 1.08. The van der Waals surface area contributed by atoms with Gasteiger partial charge in [0.05, 0.1) is 5.52 Å². The highest BCUT2D eigenvalue weighted by Gasteiger charge is 2.01. The number of aryl methyl sites for hydroxylation is 1. The summed E-state index contributed by atoms with van der Waals surface area (Å²) in [5, 5.41) is 1.20. The zero-order valence-corrected chi connectivity index (χ0v) is 7.62. The van der Waals surface area contributed by atoms with Gasteiger partial charge in [0, 0.05) is 18.1 Å². The molecule has 0 fully saturated rings. The third kappa shape index (κ3) is 1.29. The van der Waals surface area contributed by atoms with Crippen LogP contribution in [0.2, 0.25) is 0 Å². The van der Waals surface area contributed by atoms with Crippen molar-refractivity contribution in [2.24, 2.45) is 5.73 Å². The second-order valence-corrected chi connectivity index (χ2v) is 3.15. The summed E-state index contributed by atoms with van der Waals surface area (Å²) in [6, 6.07) is 8.17. The van der Waals surface area contributed by atoms with Gasteiger partial charge in [-0.3, -0.25) is 4.98 Å². The number of benzene rings is 1. The molecule has 1 aromatic heterocycles. The Morgan fingerprint density at radius 1 is 1.31 bits per heavy atom. The van der Waals surface area contributed by atoms with Gasteiger partial charge in [0.2, 0.25) is 0 Å². The summed E-state index contributed by atoms with van der Waals surface area (Å²) in [5.41, 5.74) is 9.02. The molecule has 2 heteroatoms. The Hall–Kier alpha value is -1.41. The van der Waals surface area contributed by atoms with Gasteiger partial charge in [0.1, 0.15) is 0 Å². The summed E-state index contributed by atoms with van der Waals surface area (Å²) in [6.07, 6.45) is 1.81. The van der Waals surface area contributed by atoms with Crippen molar-refractivity contribution in [2.45, 2.75) is 13.5 Å². The van der Waals surface area contributed by atoms with E-state index < -0.39 is 0 Å². The minimum absolute atomic E-state index is 0.549. The molecule has 0 saturated carbocycles. The maximum Gasteiger partial charge on any atom is 0.0749 e. The van der Waals surface area contributed by atoms with E-state index in [0.717, 1.165) is 11.1 Å². The molecule has 0 aliphatic heterocycles. The van der Waals surface area contributed by atoms with Crippen LogP contribution in [0, 0.1) is 6.92 Å². The topological polar surface area (TPSA) is 38.9 Å². The second-order valence-electron chi connectivity index (χ2n) is 3.15. The summed E-state index contributed by atoms with van der Waals surface area (Å²) in [5.74, 6) is 0. The molecule has 13 heavy (non-hydrogen) atoms. The molecule has 0 atom stereocenters. The number of pyridine rings is 1. The van der Waals surface area contributed by atoms with E-state index in [4.69, 9.17) is 5.73 Å². The lowest BCUT2D eigenvalue weighted by Gasteiger charge is -2.05. The Labute approximate surface area is 77.4 Å². The molecule has 66 valence electrons. The number of nitrogens with two attached hydrogens (primary N) is 1. The zero-order chi connectivity index (χ0) is 9.26. The Balaban J connectivity index is 2.84. The third-order valence-electron chi connectivity index (χ3n) is 2.29. The SMILES string of the molecule is Cc1ccc(CN)c2ncccc12. The standard InChI is InChI=1S/C11H12N2/c1-8-4-5-9(7-12)11-10(8)3-2-6-13-11/h2-6H,7,12H2,1H3. The monoisotopic (exact) mass is 172 g/mol. The molecule has 0 unspecified atom stereocenters. The lowest BCUT2D eigenvalue weighted by atomic mass is 10.1. The van der Waals surface area contributed by atoms with Crippen molar-refractivity contribution in [2.75, 3.05) is 0 Å². The molecule has 2 N–H and O–H groups in total. The Morgan fingerprint density at radius 3 is 2.92 bits per heavy atom. The molecule has 0 aliphatic carbocycles. The van der Waals surface area contributed by atoms with Crippen LogP contribution < -0.4 is 5.73 Å². The van der Waals surface area contributed by atoms with Gasteiger partial charge in [-0.2, -0.15) is 0 Å². The van der Waals surface area contributed by atoms with Gasteiger partial charge in [-0.1, -0.05) is 18.2 Å². The van der Waals surface area contributed by atoms with Crippen molar-refractivity contribution in [3.05, 3.63) is 41.6 Å². The highest BCUT2D eigenvalue weighted by molar-refractivity contribution is 5.84. The molecule has 0 radical (unpaired) electrons. The normalized spacial score (nSPS) is 10.6. The Kier molecular flexibility index (Phi) is 1.99. The van der Waals surface area contributed by atoms with Gasteiger partial charge in [0.15, 0.2) is 0 Å². The van der Waals surface area contributed by atoms with Crippen LogP contribution >= 0.6 is 0 Å². The average molecular weight is 172 g/mol. The lowest BCUT2D eigenvalue weighted by Crippen LogP contribution is -1.98. The number of hydrogen-bond acceptors (Lipinski definition) is 2. The largest absolute Gasteiger partial charge is 0.326 e. The number of aromatic nitrogens is 1. The zero-order valence-electron chi connectivity index (χ0n) is 7.62. The van der Waals surface area contributed by atoms with Crippen molar-refractivity contribution in [3.63, 3.8) is 0 Å². The third-order valence-corrected chi connectivity index (χ3v) is 2.29. The van der Waals surface area contributed by atoms with Crippen LogP contribution in [0.1, 0.15) is 11.1 Å². The van der Waals surface area contributed by atoms with Crippen molar-refractivity contribution in [1.29, 1.82) is 0 Å². The molecule has 0 aliphatic rings. The van der Waals surface area contributed by atoms with Gasteiger partial charge >= 0.3 is 0 Å². The maximum atomic E-state index is 5.63. The van der Waals surface area contributed by atoms with Crippen LogP contribution in [-0.2, 0) is 6.54 Å². The van der Waals surface area contributed by atoms with E-state index in [9.17, 15) is 0 Å². The minimum Gasteiger partial charge on any atom is -0.326 e. The summed E-state index contributed by atoms with van der Waals surface area (Å²) in [6.45, 7) is 2.64. The van der Waals surface area contributed by atoms with Gasteiger partial charge in [-0.05, 0) is 24.1 Å². The van der Waals surface area contributed by atoms with Gasteiger partial charge in [-0.15, -0.1) is 0 Å². The van der Waals surface area contributed by atoms with E-state index in [1.807, 2.05) is 12.1 Å². The smallest absolute Gasteiger partial charge is 0.0749 e. The van der Waals surface area contributed by atoms with Crippen LogP contribution in [-0.4, -0.2) is 4.98 Å². The molecule has 1 heterocycles. The average Bonchev–Trinajstić information content (AvgIpc) is 2.19. The molecule has 2 nitrogen and oxygen atoms in total. The van der Waals surface area contributed by atoms with Crippen molar-refractivity contribution >= 4 is 10.9 Å². The molecule has 1 aromatic carbocycles. The number of nitrogens with zero attached hydrogens (tertiary/aromatic N) is 1. The van der Waals surface area contributed by atoms with Crippen LogP contribution in [0.4, 0.5) is 0 Å². The van der Waals surface area contributed by atoms with Crippen LogP contribution in [0.5, 0.6) is 0 Å². The second kappa shape index (κ2) is 3.15. The summed E-state index contributed by atoms with van der Waals surface area (Å²) in [7, 11) is 0. The van der Waals surface area contributed by atoms with Gasteiger partial charge in [-0.25, -0.2) is 0 Å². The Morgan fingerprint density at radius 2 is 2.15 bits per heavy atom. The van der Waals surface area contributed by atoms with E-state index >= 15 is 0 Å². The molecule has 2 aromatic rings. The first-order chi connectivity index (χ1) is 6.33. The van der Waals surface area contributed by atoms with Crippen LogP contribution in [0.25, 0.3) is 10.9 Å². The molecular formula is C11H12N2. The number of rotatable bonds is 1. The number of hydrogen-bond donors (Lipinski definition) is 1. The predicted octanol–water partition coefficient (Wildman–Crippen LogP) is 2.00. The van der Waals surface area contributed by atoms with Crippen molar-refractivity contribution in [1.82, 2.24) is 4.98 Å². The molecule has 0 amide bonds. The van der Waals surface area contributed by atoms with Gasteiger partial charge in [0.25, 0.3) is 0 Å². The highest BCUT2D eigenvalue weighted by Crippen LogP contribution is 2.19. The minimum atomic E-state index is 0.549. The number of fused-ring (bicyclic) bond motifs is 1. The summed E-state index contributed by atoms with van der Waals surface area (Å²) in [4.78, 5) is 4.33. The van der Waals surface area contributed by atoms with Crippen molar-refractivity contribution < 1.29 is 0 Å². The first-order valence-corrected chi connectivity index (χ1v) is 4.36. The van der Waals surface area contributed by atoms with E-state index in [-0.39, 0.29) is 0 Å². The summed E-state index contributed by atoms with van der Waals surface area (Å²) < 4.78 is 0. The maximum absolute atomic E-state index is 5.63. The van der Waals surface area contributed by atoms with Crippen LogP contribution in [0.3, 0.4) is 0 Å². The predicted molar refractivity (Wildman–Crippen MR) is 54.4 cm³/mol. The highest BCUT2D eigenvalue weighted by atomic mass is 14.7. The van der Waals surface area contributed by atoms with Crippen LogP contribution in [0.15, 0.2) is 30.5 Å². The fourth-order valence-corrected chi connectivity index (χ4v) is 1.54. The first-order valence-electron chi connectivity index (χ1n) is 4.36. The Bertz CT molecular complexity index is 435. The molecule has 2 rings (SSSR count). The molecule has 0 bridgehead atoms. The van der Waals surface area contributed by atoms with E-state index in [1.54, 1.807) is 6.20 Å². The molecule has 0 spiro atoms. The quantitative estimate of drug-likeness (QED) is 0.714. The first kappa shape index (κ1) is 8.20. The van der Waals surface area contributed by atoms with E-state index in [1.165, 1.54) is 10.9 Å². The van der Waals surface area contributed by atoms with Gasteiger partial charge < -0.3 is 5.73 Å². The summed E-state index contributed by atoms with van der Waals surface area (Å²) >= 11 is 0. The fourth-order valence-electron chi connectivity index (χ4n) is 1.54. The molecule has 0 saturated heterocycles.